The molecule has 3 rings (SSSR count). The first kappa shape index (κ1) is 11.8. The number of aryl methyl sites for hydroxylation is 1. The van der Waals surface area contributed by atoms with Gasteiger partial charge in [0.2, 0.25) is 5.95 Å². The highest BCUT2D eigenvalue weighted by Crippen LogP contribution is 2.19. The molecule has 5 nitrogen and oxygen atoms in total. The molecule has 5 heteroatoms. The van der Waals surface area contributed by atoms with E-state index in [2.05, 4.69) is 15.3 Å². The molecule has 0 fully saturated rings. The lowest BCUT2D eigenvalue weighted by Crippen LogP contribution is -2.22. The highest BCUT2D eigenvalue weighted by molar-refractivity contribution is 5.57. The second-order valence-corrected chi connectivity index (χ2v) is 4.79. The largest absolute Gasteiger partial charge is 0.399 e. The Kier molecular flexibility index (Phi) is 2.95. The molecule has 19 heavy (non-hydrogen) atoms. The first-order chi connectivity index (χ1) is 9.22. The van der Waals surface area contributed by atoms with Gasteiger partial charge < -0.3 is 11.1 Å². The minimum absolute atomic E-state index is 0.0253. The van der Waals surface area contributed by atoms with Gasteiger partial charge in [-0.1, -0.05) is 0 Å². The minimum Gasteiger partial charge on any atom is -0.399 e. The van der Waals surface area contributed by atoms with Crippen LogP contribution < -0.4 is 16.6 Å². The number of benzene rings is 1. The zero-order valence-electron chi connectivity index (χ0n) is 10.6. The molecule has 0 atom stereocenters. The molecular weight excluding hydrogens is 240 g/mol. The smallest absolute Gasteiger partial charge is 0.255 e. The Bertz CT molecular complexity index is 645. The van der Waals surface area contributed by atoms with Gasteiger partial charge in [-0.25, -0.2) is 4.98 Å². The second-order valence-electron chi connectivity index (χ2n) is 4.79. The molecule has 1 heterocycles. The topological polar surface area (TPSA) is 83.8 Å². The van der Waals surface area contributed by atoms with Crippen molar-refractivity contribution in [2.24, 2.45) is 0 Å². The zero-order valence-corrected chi connectivity index (χ0v) is 10.6. The Labute approximate surface area is 110 Å². The second kappa shape index (κ2) is 4.76. The van der Waals surface area contributed by atoms with Crippen LogP contribution in [0.3, 0.4) is 0 Å². The molecule has 0 saturated carbocycles. The Morgan fingerprint density at radius 3 is 2.68 bits per heavy atom. The fourth-order valence-corrected chi connectivity index (χ4v) is 2.37. The van der Waals surface area contributed by atoms with Crippen LogP contribution >= 0.6 is 0 Å². The maximum atomic E-state index is 12.0. The van der Waals surface area contributed by atoms with E-state index in [4.69, 9.17) is 5.73 Å². The third kappa shape index (κ3) is 2.45. The van der Waals surface area contributed by atoms with Crippen molar-refractivity contribution in [2.75, 3.05) is 11.1 Å². The van der Waals surface area contributed by atoms with Crippen molar-refractivity contribution in [3.63, 3.8) is 0 Å². The van der Waals surface area contributed by atoms with Gasteiger partial charge in [-0.15, -0.1) is 0 Å². The zero-order chi connectivity index (χ0) is 13.2. The molecule has 0 unspecified atom stereocenters. The van der Waals surface area contributed by atoms with E-state index in [1.165, 1.54) is 0 Å². The van der Waals surface area contributed by atoms with Crippen LogP contribution in [0, 0.1) is 0 Å². The van der Waals surface area contributed by atoms with E-state index >= 15 is 0 Å². The van der Waals surface area contributed by atoms with Gasteiger partial charge in [-0.3, -0.25) is 9.78 Å². The van der Waals surface area contributed by atoms with Crippen LogP contribution in [0.1, 0.15) is 24.1 Å². The summed E-state index contributed by atoms with van der Waals surface area (Å²) in [5.74, 6) is 0.496. The monoisotopic (exact) mass is 256 g/mol. The highest BCUT2D eigenvalue weighted by Gasteiger charge is 2.15. The first-order valence-corrected chi connectivity index (χ1v) is 6.47. The number of nitrogens with two attached hydrogens (primary N) is 1. The van der Waals surface area contributed by atoms with E-state index < -0.39 is 0 Å². The SMILES string of the molecule is Nc1ccc(Nc2nc3c(c(=O)[nH]2)CCCC3)cc1. The van der Waals surface area contributed by atoms with Gasteiger partial charge >= 0.3 is 0 Å². The van der Waals surface area contributed by atoms with E-state index in [1.807, 2.05) is 12.1 Å². The van der Waals surface area contributed by atoms with Crippen molar-refractivity contribution in [3.05, 3.63) is 45.9 Å². The molecule has 0 radical (unpaired) electrons. The van der Waals surface area contributed by atoms with E-state index in [-0.39, 0.29) is 5.56 Å². The van der Waals surface area contributed by atoms with Gasteiger partial charge in [0.05, 0.1) is 5.69 Å². The summed E-state index contributed by atoms with van der Waals surface area (Å²) in [6.07, 6.45) is 3.89. The molecule has 1 aliphatic rings. The van der Waals surface area contributed by atoms with Crippen molar-refractivity contribution in [1.29, 1.82) is 0 Å². The first-order valence-electron chi connectivity index (χ1n) is 6.47. The predicted octanol–water partition coefficient (Wildman–Crippen LogP) is 1.97. The lowest BCUT2D eigenvalue weighted by Gasteiger charge is -2.15. The van der Waals surface area contributed by atoms with Gasteiger partial charge in [0, 0.05) is 16.9 Å². The quantitative estimate of drug-likeness (QED) is 0.717. The van der Waals surface area contributed by atoms with Crippen molar-refractivity contribution in [2.45, 2.75) is 25.7 Å². The summed E-state index contributed by atoms with van der Waals surface area (Å²) in [4.78, 5) is 19.3. The summed E-state index contributed by atoms with van der Waals surface area (Å²) in [5, 5.41) is 3.10. The molecule has 0 bridgehead atoms. The number of hydrogen-bond donors (Lipinski definition) is 3. The Balaban J connectivity index is 1.91. The fourth-order valence-electron chi connectivity index (χ4n) is 2.37. The van der Waals surface area contributed by atoms with Gasteiger partial charge in [0.1, 0.15) is 0 Å². The number of nitrogen functional groups attached to an aromatic ring is 1. The lowest BCUT2D eigenvalue weighted by molar-refractivity contribution is 0.658. The fraction of sp³-hybridized carbons (Fsp3) is 0.286. The van der Waals surface area contributed by atoms with Crippen LogP contribution in [0.25, 0.3) is 0 Å². The standard InChI is InChI=1S/C14H16N4O/c15-9-5-7-10(8-6-9)16-14-17-12-4-2-1-3-11(12)13(19)18-14/h5-8H,1-4,15H2,(H2,16,17,18,19). The average Bonchev–Trinajstić information content (AvgIpc) is 2.42. The van der Waals surface area contributed by atoms with Crippen LogP contribution in [-0.2, 0) is 12.8 Å². The lowest BCUT2D eigenvalue weighted by atomic mass is 9.97. The van der Waals surface area contributed by atoms with Crippen LogP contribution in [0.15, 0.2) is 29.1 Å². The minimum atomic E-state index is -0.0253. The molecule has 1 aromatic heterocycles. The number of fused-ring (bicyclic) bond motifs is 1. The van der Waals surface area contributed by atoms with Crippen LogP contribution in [0.5, 0.6) is 0 Å². The molecule has 0 saturated heterocycles. The molecule has 4 N–H and O–H groups in total. The Hall–Kier alpha value is -2.30. The number of rotatable bonds is 2. The Morgan fingerprint density at radius 2 is 1.89 bits per heavy atom. The molecule has 98 valence electrons. The van der Waals surface area contributed by atoms with E-state index in [0.717, 1.165) is 42.6 Å². The summed E-state index contributed by atoms with van der Waals surface area (Å²) in [6.45, 7) is 0. The van der Waals surface area contributed by atoms with Crippen molar-refractivity contribution in [3.8, 4) is 0 Å². The third-order valence-corrected chi connectivity index (χ3v) is 3.36. The summed E-state index contributed by atoms with van der Waals surface area (Å²) < 4.78 is 0. The van der Waals surface area contributed by atoms with Gasteiger partial charge in [0.15, 0.2) is 0 Å². The molecule has 0 aliphatic heterocycles. The Morgan fingerprint density at radius 1 is 1.16 bits per heavy atom. The average molecular weight is 256 g/mol. The number of H-pyrrole nitrogens is 1. The van der Waals surface area contributed by atoms with Gasteiger partial charge in [-0.05, 0) is 49.9 Å². The molecule has 2 aromatic rings. The summed E-state index contributed by atoms with van der Waals surface area (Å²) in [5.41, 5.74) is 8.94. The predicted molar refractivity (Wildman–Crippen MR) is 75.6 cm³/mol. The highest BCUT2D eigenvalue weighted by atomic mass is 16.1. The summed E-state index contributed by atoms with van der Waals surface area (Å²) in [6, 6.07) is 7.32. The molecule has 0 spiro atoms. The third-order valence-electron chi connectivity index (χ3n) is 3.36. The maximum Gasteiger partial charge on any atom is 0.255 e. The van der Waals surface area contributed by atoms with Crippen molar-refractivity contribution in [1.82, 2.24) is 9.97 Å². The number of anilines is 3. The van der Waals surface area contributed by atoms with E-state index in [0.29, 0.717) is 11.6 Å². The number of nitrogens with zero attached hydrogens (tertiary/aromatic N) is 1. The summed E-state index contributed by atoms with van der Waals surface area (Å²) >= 11 is 0. The molecule has 0 amide bonds. The summed E-state index contributed by atoms with van der Waals surface area (Å²) in [7, 11) is 0. The molecule has 1 aromatic carbocycles. The van der Waals surface area contributed by atoms with Gasteiger partial charge in [-0.2, -0.15) is 0 Å². The number of aromatic amines is 1. The van der Waals surface area contributed by atoms with Crippen molar-refractivity contribution < 1.29 is 0 Å². The van der Waals surface area contributed by atoms with Crippen LogP contribution in [0.4, 0.5) is 17.3 Å². The maximum absolute atomic E-state index is 12.0. The molecular formula is C14H16N4O. The van der Waals surface area contributed by atoms with Crippen LogP contribution in [-0.4, -0.2) is 9.97 Å². The van der Waals surface area contributed by atoms with E-state index in [1.54, 1.807) is 12.1 Å². The van der Waals surface area contributed by atoms with Crippen molar-refractivity contribution >= 4 is 17.3 Å². The van der Waals surface area contributed by atoms with Crippen LogP contribution in [0.2, 0.25) is 0 Å². The normalized spacial score (nSPS) is 13.9. The number of aromatic nitrogens is 2. The number of nitrogens with one attached hydrogen (secondary N) is 2. The molecule has 1 aliphatic carbocycles. The van der Waals surface area contributed by atoms with E-state index in [9.17, 15) is 4.79 Å². The number of hydrogen-bond acceptors (Lipinski definition) is 4. The van der Waals surface area contributed by atoms with Gasteiger partial charge in [0.25, 0.3) is 5.56 Å².